The number of fused-ring (bicyclic) bond motifs is 3. The molecule has 0 atom stereocenters. The first kappa shape index (κ1) is 23.3. The molecule has 1 aliphatic rings. The fourth-order valence-electron chi connectivity index (χ4n) is 4.47. The van der Waals surface area contributed by atoms with Gasteiger partial charge < -0.3 is 18.9 Å². The van der Waals surface area contributed by atoms with E-state index in [1.165, 1.54) is 11.3 Å². The number of oxime groups is 1. The summed E-state index contributed by atoms with van der Waals surface area (Å²) in [6.07, 6.45) is 4.45. The smallest absolute Gasteiger partial charge is 0.192 e. The Morgan fingerprint density at radius 1 is 1.09 bits per heavy atom. The van der Waals surface area contributed by atoms with Crippen molar-refractivity contribution in [1.82, 2.24) is 29.0 Å². The molecule has 1 saturated heterocycles. The maximum Gasteiger partial charge on any atom is 0.192 e. The average molecular weight is 478 g/mol. The van der Waals surface area contributed by atoms with Crippen LogP contribution in [0.3, 0.4) is 0 Å². The number of methoxy groups -OCH3 is 1. The highest BCUT2D eigenvalue weighted by Crippen LogP contribution is 2.27. The van der Waals surface area contributed by atoms with Gasteiger partial charge in [-0.25, -0.2) is 14.5 Å². The van der Waals surface area contributed by atoms with E-state index >= 15 is 0 Å². The number of aromatic nitrogens is 5. The summed E-state index contributed by atoms with van der Waals surface area (Å²) in [7, 11) is 1.64. The third kappa shape index (κ3) is 4.98. The van der Waals surface area contributed by atoms with Crippen LogP contribution in [0.2, 0.25) is 0 Å². The Hall–Kier alpha value is -3.50. The molecule has 0 radical (unpaired) electrons. The van der Waals surface area contributed by atoms with Gasteiger partial charge in [0.05, 0.1) is 31.9 Å². The minimum absolute atomic E-state index is 0.175. The van der Waals surface area contributed by atoms with Gasteiger partial charge in [0.1, 0.15) is 17.7 Å². The van der Waals surface area contributed by atoms with Crippen molar-refractivity contribution in [3.8, 4) is 5.75 Å². The van der Waals surface area contributed by atoms with Gasteiger partial charge in [0.15, 0.2) is 18.1 Å². The molecule has 10 nitrogen and oxygen atoms in total. The van der Waals surface area contributed by atoms with E-state index in [0.717, 1.165) is 73.8 Å². The van der Waals surface area contributed by atoms with Gasteiger partial charge in [0, 0.05) is 31.9 Å². The Kier molecular flexibility index (Phi) is 6.91. The van der Waals surface area contributed by atoms with Crippen molar-refractivity contribution in [1.29, 1.82) is 0 Å². The van der Waals surface area contributed by atoms with E-state index in [1.807, 2.05) is 24.3 Å². The lowest BCUT2D eigenvalue weighted by Gasteiger charge is -2.26. The molecule has 3 aromatic heterocycles. The summed E-state index contributed by atoms with van der Waals surface area (Å²) in [6.45, 7) is 10.1. The van der Waals surface area contributed by atoms with Crippen molar-refractivity contribution in [2.45, 2.75) is 33.4 Å². The molecule has 1 aliphatic heterocycles. The summed E-state index contributed by atoms with van der Waals surface area (Å²) in [5.74, 6) is 1.36. The van der Waals surface area contributed by atoms with Crippen LogP contribution in [-0.4, -0.2) is 75.2 Å². The molecular formula is C25H31N7O3. The number of rotatable bonds is 9. The van der Waals surface area contributed by atoms with Crippen molar-refractivity contribution in [3.63, 3.8) is 0 Å². The third-order valence-corrected chi connectivity index (χ3v) is 6.54. The van der Waals surface area contributed by atoms with Crippen LogP contribution in [-0.2, 0) is 22.7 Å². The Morgan fingerprint density at radius 2 is 1.89 bits per heavy atom. The lowest BCUT2D eigenvalue weighted by Crippen LogP contribution is -2.37. The van der Waals surface area contributed by atoms with Gasteiger partial charge in [0.25, 0.3) is 0 Å². The molecule has 0 N–H and O–H groups in total. The standard InChI is InChI=1S/C25H31N7O3/c1-18-19(2)31(10-4-9-30-11-13-34-14-12-30)24-23(18)25-28-22(29-32(25)17-26-24)16-35-27-15-20-5-7-21(33-3)8-6-20/h5-8,15,17H,4,9-14,16H2,1-3H3/b27-15+. The molecule has 184 valence electrons. The number of morpholine rings is 1. The Labute approximate surface area is 204 Å². The zero-order valence-electron chi connectivity index (χ0n) is 20.5. The summed E-state index contributed by atoms with van der Waals surface area (Å²) in [4.78, 5) is 17.4. The predicted molar refractivity (Wildman–Crippen MR) is 133 cm³/mol. The van der Waals surface area contributed by atoms with E-state index in [2.05, 4.69) is 33.6 Å². The Morgan fingerprint density at radius 3 is 2.66 bits per heavy atom. The average Bonchev–Trinajstić information content (AvgIpc) is 3.41. The molecule has 0 unspecified atom stereocenters. The molecule has 0 amide bonds. The van der Waals surface area contributed by atoms with Crippen LogP contribution in [0.1, 0.15) is 29.1 Å². The predicted octanol–water partition coefficient (Wildman–Crippen LogP) is 2.98. The zero-order chi connectivity index (χ0) is 24.2. The fraction of sp³-hybridized carbons (Fsp3) is 0.440. The van der Waals surface area contributed by atoms with E-state index in [-0.39, 0.29) is 6.61 Å². The van der Waals surface area contributed by atoms with Gasteiger partial charge in [-0.05, 0) is 55.7 Å². The first-order valence-electron chi connectivity index (χ1n) is 11.9. The second kappa shape index (κ2) is 10.4. The maximum atomic E-state index is 5.45. The van der Waals surface area contributed by atoms with E-state index in [0.29, 0.717) is 5.82 Å². The van der Waals surface area contributed by atoms with Crippen LogP contribution < -0.4 is 4.74 Å². The minimum Gasteiger partial charge on any atom is -0.497 e. The van der Waals surface area contributed by atoms with Crippen LogP contribution in [0.5, 0.6) is 5.75 Å². The lowest BCUT2D eigenvalue weighted by molar-refractivity contribution is 0.0369. The summed E-state index contributed by atoms with van der Waals surface area (Å²) in [6, 6.07) is 7.58. The highest BCUT2D eigenvalue weighted by atomic mass is 16.6. The van der Waals surface area contributed by atoms with Crippen molar-refractivity contribution in [3.05, 3.63) is 53.2 Å². The topological polar surface area (TPSA) is 91.3 Å². The molecule has 0 spiro atoms. The number of benzene rings is 1. The number of nitrogens with zero attached hydrogens (tertiary/aromatic N) is 7. The van der Waals surface area contributed by atoms with Gasteiger partial charge in [-0.2, -0.15) is 0 Å². The third-order valence-electron chi connectivity index (χ3n) is 6.54. The van der Waals surface area contributed by atoms with Gasteiger partial charge in [-0.3, -0.25) is 4.90 Å². The normalized spacial score (nSPS) is 14.9. The summed E-state index contributed by atoms with van der Waals surface area (Å²) >= 11 is 0. The fourth-order valence-corrected chi connectivity index (χ4v) is 4.47. The largest absolute Gasteiger partial charge is 0.497 e. The van der Waals surface area contributed by atoms with Crippen LogP contribution in [0.4, 0.5) is 0 Å². The molecule has 10 heteroatoms. The highest BCUT2D eigenvalue weighted by molar-refractivity contribution is 5.93. The number of hydrogen-bond acceptors (Lipinski definition) is 8. The van der Waals surface area contributed by atoms with Crippen LogP contribution >= 0.6 is 0 Å². The molecular weight excluding hydrogens is 446 g/mol. The van der Waals surface area contributed by atoms with Gasteiger partial charge in [-0.15, -0.1) is 5.10 Å². The number of hydrogen-bond donors (Lipinski definition) is 0. The molecule has 0 saturated carbocycles. The quantitative estimate of drug-likeness (QED) is 0.270. The maximum absolute atomic E-state index is 5.45. The van der Waals surface area contributed by atoms with Crippen LogP contribution in [0.25, 0.3) is 16.7 Å². The molecule has 35 heavy (non-hydrogen) atoms. The molecule has 4 aromatic rings. The van der Waals surface area contributed by atoms with Gasteiger partial charge in [0.2, 0.25) is 0 Å². The molecule has 0 bridgehead atoms. The van der Waals surface area contributed by atoms with Gasteiger partial charge >= 0.3 is 0 Å². The highest BCUT2D eigenvalue weighted by Gasteiger charge is 2.18. The summed E-state index contributed by atoms with van der Waals surface area (Å²) in [5, 5.41) is 9.62. The number of aryl methyl sites for hydroxylation is 2. The van der Waals surface area contributed by atoms with E-state index < -0.39 is 0 Å². The SMILES string of the molecule is COc1ccc(/C=N/OCc2nc3c4c(C)c(C)n(CCCN5CCOCC5)c4ncn3n2)cc1. The second-order valence-electron chi connectivity index (χ2n) is 8.69. The Balaban J connectivity index is 1.28. The number of ether oxygens (including phenoxy) is 2. The molecule has 1 aromatic carbocycles. The molecule has 5 rings (SSSR count). The zero-order valence-corrected chi connectivity index (χ0v) is 20.5. The monoisotopic (exact) mass is 477 g/mol. The first-order valence-corrected chi connectivity index (χ1v) is 11.9. The molecule has 0 aliphatic carbocycles. The van der Waals surface area contributed by atoms with E-state index in [1.54, 1.807) is 24.2 Å². The Bertz CT molecular complexity index is 1320. The van der Waals surface area contributed by atoms with Crippen molar-refractivity contribution >= 4 is 22.9 Å². The first-order chi connectivity index (χ1) is 17.1. The van der Waals surface area contributed by atoms with Crippen LogP contribution in [0.15, 0.2) is 35.7 Å². The van der Waals surface area contributed by atoms with Crippen molar-refractivity contribution < 1.29 is 14.3 Å². The van der Waals surface area contributed by atoms with Crippen molar-refractivity contribution in [2.24, 2.45) is 5.16 Å². The van der Waals surface area contributed by atoms with Crippen molar-refractivity contribution in [2.75, 3.05) is 40.0 Å². The van der Waals surface area contributed by atoms with E-state index in [4.69, 9.17) is 24.3 Å². The molecule has 4 heterocycles. The van der Waals surface area contributed by atoms with E-state index in [9.17, 15) is 0 Å². The van der Waals surface area contributed by atoms with Gasteiger partial charge in [-0.1, -0.05) is 5.16 Å². The van der Waals surface area contributed by atoms with Crippen LogP contribution in [0, 0.1) is 13.8 Å². The lowest BCUT2D eigenvalue weighted by atomic mass is 10.2. The minimum atomic E-state index is 0.175. The summed E-state index contributed by atoms with van der Waals surface area (Å²) in [5.41, 5.74) is 5.06. The summed E-state index contributed by atoms with van der Waals surface area (Å²) < 4.78 is 14.6. The molecule has 1 fully saturated rings. The second-order valence-corrected chi connectivity index (χ2v) is 8.69.